The first-order valence-corrected chi connectivity index (χ1v) is 8.48. The third-order valence-electron chi connectivity index (χ3n) is 4.91. The molecule has 1 atom stereocenters. The lowest BCUT2D eigenvalue weighted by atomic mass is 9.87. The van der Waals surface area contributed by atoms with Crippen LogP contribution in [0.15, 0.2) is 59.5 Å². The van der Waals surface area contributed by atoms with Gasteiger partial charge in [-0.2, -0.15) is 0 Å². The van der Waals surface area contributed by atoms with Crippen LogP contribution in [0.3, 0.4) is 0 Å². The molecule has 0 radical (unpaired) electrons. The Bertz CT molecular complexity index is 931. The summed E-state index contributed by atoms with van der Waals surface area (Å²) >= 11 is 0. The van der Waals surface area contributed by atoms with Gasteiger partial charge in [0.25, 0.3) is 5.56 Å². The Morgan fingerprint density at radius 1 is 1.21 bits per heavy atom. The molecule has 0 aliphatic heterocycles. The number of hydrogen-bond donors (Lipinski definition) is 0. The van der Waals surface area contributed by atoms with Gasteiger partial charge in [-0.25, -0.2) is 4.98 Å². The van der Waals surface area contributed by atoms with Crippen molar-refractivity contribution < 1.29 is 0 Å². The van der Waals surface area contributed by atoms with Crippen molar-refractivity contribution in [2.75, 3.05) is 7.05 Å². The van der Waals surface area contributed by atoms with Gasteiger partial charge >= 0.3 is 0 Å². The first-order valence-electron chi connectivity index (χ1n) is 8.48. The molecule has 0 amide bonds. The van der Waals surface area contributed by atoms with Crippen LogP contribution in [-0.4, -0.2) is 21.3 Å². The zero-order chi connectivity index (χ0) is 16.5. The maximum Gasteiger partial charge on any atom is 0.258 e. The summed E-state index contributed by atoms with van der Waals surface area (Å²) in [6, 6.07) is 16.4. The molecule has 2 heterocycles. The van der Waals surface area contributed by atoms with Gasteiger partial charge in [-0.05, 0) is 49.6 Å². The normalized spacial score (nSPS) is 17.2. The van der Waals surface area contributed by atoms with E-state index in [4.69, 9.17) is 0 Å². The highest BCUT2D eigenvalue weighted by Crippen LogP contribution is 2.33. The van der Waals surface area contributed by atoms with Crippen LogP contribution < -0.4 is 5.56 Å². The summed E-state index contributed by atoms with van der Waals surface area (Å²) in [6.45, 7) is 0.680. The largest absolute Gasteiger partial charge is 0.294 e. The molecule has 1 aliphatic carbocycles. The molecule has 1 aromatic carbocycles. The Morgan fingerprint density at radius 2 is 2.04 bits per heavy atom. The predicted molar refractivity (Wildman–Crippen MR) is 95.1 cm³/mol. The molecule has 0 saturated carbocycles. The van der Waals surface area contributed by atoms with Gasteiger partial charge in [0.1, 0.15) is 5.65 Å². The molecule has 0 saturated heterocycles. The Hall–Kier alpha value is -2.46. The Morgan fingerprint density at radius 3 is 2.96 bits per heavy atom. The monoisotopic (exact) mass is 319 g/mol. The van der Waals surface area contributed by atoms with Crippen molar-refractivity contribution in [2.45, 2.75) is 31.8 Å². The van der Waals surface area contributed by atoms with E-state index in [9.17, 15) is 4.79 Å². The zero-order valence-electron chi connectivity index (χ0n) is 13.9. The van der Waals surface area contributed by atoms with E-state index in [1.807, 2.05) is 18.2 Å². The lowest BCUT2D eigenvalue weighted by molar-refractivity contribution is 0.211. The molecule has 4 nitrogen and oxygen atoms in total. The van der Waals surface area contributed by atoms with Gasteiger partial charge in [-0.1, -0.05) is 30.3 Å². The average Bonchev–Trinajstić information content (AvgIpc) is 2.61. The molecule has 0 spiro atoms. The van der Waals surface area contributed by atoms with Gasteiger partial charge in [0.15, 0.2) is 0 Å². The Kier molecular flexibility index (Phi) is 3.90. The van der Waals surface area contributed by atoms with Gasteiger partial charge < -0.3 is 0 Å². The summed E-state index contributed by atoms with van der Waals surface area (Å²) in [7, 11) is 2.13. The lowest BCUT2D eigenvalue weighted by Gasteiger charge is -2.33. The van der Waals surface area contributed by atoms with E-state index in [-0.39, 0.29) is 5.56 Å². The second-order valence-electron chi connectivity index (χ2n) is 6.54. The number of aromatic nitrogens is 2. The summed E-state index contributed by atoms with van der Waals surface area (Å²) in [5, 5.41) is 0. The maximum atomic E-state index is 12.3. The highest BCUT2D eigenvalue weighted by molar-refractivity contribution is 5.38. The predicted octanol–water partition coefficient (Wildman–Crippen LogP) is 3.20. The van der Waals surface area contributed by atoms with Gasteiger partial charge in [0.05, 0.1) is 5.69 Å². The van der Waals surface area contributed by atoms with E-state index in [0.29, 0.717) is 18.2 Å². The third-order valence-corrected chi connectivity index (χ3v) is 4.91. The highest BCUT2D eigenvalue weighted by Gasteiger charge is 2.23. The second-order valence-corrected chi connectivity index (χ2v) is 6.54. The summed E-state index contributed by atoms with van der Waals surface area (Å²) in [5.41, 5.74) is 4.39. The minimum Gasteiger partial charge on any atom is -0.294 e. The van der Waals surface area contributed by atoms with Crippen LogP contribution in [0.25, 0.3) is 5.65 Å². The van der Waals surface area contributed by atoms with Crippen molar-refractivity contribution in [1.82, 2.24) is 14.3 Å². The summed E-state index contributed by atoms with van der Waals surface area (Å²) in [5.74, 6) is 0. The van der Waals surface area contributed by atoms with Crippen molar-refractivity contribution in [3.63, 3.8) is 0 Å². The topological polar surface area (TPSA) is 37.6 Å². The van der Waals surface area contributed by atoms with Crippen molar-refractivity contribution in [2.24, 2.45) is 0 Å². The van der Waals surface area contributed by atoms with Crippen molar-refractivity contribution in [3.8, 4) is 0 Å². The average molecular weight is 319 g/mol. The molecule has 2 aromatic heterocycles. The molecule has 3 aromatic rings. The maximum absolute atomic E-state index is 12.3. The Labute approximate surface area is 141 Å². The molecule has 1 aliphatic rings. The van der Waals surface area contributed by atoms with Crippen molar-refractivity contribution >= 4 is 5.65 Å². The van der Waals surface area contributed by atoms with Gasteiger partial charge in [0, 0.05) is 24.8 Å². The number of rotatable bonds is 3. The number of nitrogens with zero attached hydrogens (tertiary/aromatic N) is 3. The quantitative estimate of drug-likeness (QED) is 0.744. The van der Waals surface area contributed by atoms with E-state index in [1.54, 1.807) is 16.7 Å². The van der Waals surface area contributed by atoms with Gasteiger partial charge in [-0.3, -0.25) is 14.1 Å². The number of benzene rings is 1. The molecule has 0 fully saturated rings. The first-order chi connectivity index (χ1) is 11.7. The van der Waals surface area contributed by atoms with Gasteiger partial charge in [-0.15, -0.1) is 0 Å². The Balaban J connectivity index is 1.63. The van der Waals surface area contributed by atoms with Crippen LogP contribution in [0.2, 0.25) is 0 Å². The van der Waals surface area contributed by atoms with Crippen molar-refractivity contribution in [3.05, 3.63) is 81.9 Å². The fraction of sp³-hybridized carbons (Fsp3) is 0.300. The van der Waals surface area contributed by atoms with E-state index < -0.39 is 0 Å². The number of aryl methyl sites for hydroxylation is 1. The SMILES string of the molecule is CN(Cc1cc(=O)n2ccccc2n1)C1CCCc2ccccc21. The molecule has 4 heteroatoms. The fourth-order valence-electron chi connectivity index (χ4n) is 3.74. The number of fused-ring (bicyclic) bond motifs is 2. The van der Waals surface area contributed by atoms with Gasteiger partial charge in [0.2, 0.25) is 0 Å². The molecule has 122 valence electrons. The third kappa shape index (κ3) is 2.74. The summed E-state index contributed by atoms with van der Waals surface area (Å²) in [4.78, 5) is 19.2. The number of hydrogen-bond acceptors (Lipinski definition) is 3. The second kappa shape index (κ2) is 6.21. The molecule has 4 rings (SSSR count). The smallest absolute Gasteiger partial charge is 0.258 e. The van der Waals surface area contributed by atoms with E-state index >= 15 is 0 Å². The molecule has 1 unspecified atom stereocenters. The lowest BCUT2D eigenvalue weighted by Crippen LogP contribution is -2.28. The molecule has 0 bridgehead atoms. The fourth-order valence-corrected chi connectivity index (χ4v) is 3.74. The van der Waals surface area contributed by atoms with E-state index in [0.717, 1.165) is 18.5 Å². The summed E-state index contributed by atoms with van der Waals surface area (Å²) in [6.07, 6.45) is 5.28. The minimum atomic E-state index is -0.0203. The zero-order valence-corrected chi connectivity index (χ0v) is 13.9. The molecule has 0 N–H and O–H groups in total. The highest BCUT2D eigenvalue weighted by atomic mass is 16.1. The van der Waals surface area contributed by atoms with E-state index in [2.05, 4.69) is 41.2 Å². The van der Waals surface area contributed by atoms with Crippen LogP contribution in [0, 0.1) is 0 Å². The summed E-state index contributed by atoms with van der Waals surface area (Å²) < 4.78 is 1.58. The van der Waals surface area contributed by atoms with Crippen LogP contribution >= 0.6 is 0 Å². The van der Waals surface area contributed by atoms with Crippen LogP contribution in [0.5, 0.6) is 0 Å². The molecular weight excluding hydrogens is 298 g/mol. The van der Waals surface area contributed by atoms with Crippen molar-refractivity contribution in [1.29, 1.82) is 0 Å². The minimum absolute atomic E-state index is 0.0203. The van der Waals surface area contributed by atoms with Crippen LogP contribution in [-0.2, 0) is 13.0 Å². The van der Waals surface area contributed by atoms with Crippen LogP contribution in [0.4, 0.5) is 0 Å². The van der Waals surface area contributed by atoms with E-state index in [1.165, 1.54) is 17.5 Å². The van der Waals surface area contributed by atoms with Crippen LogP contribution in [0.1, 0.15) is 35.7 Å². The molecular formula is C20H21N3O. The number of pyridine rings is 1. The standard InChI is InChI=1S/C20H21N3O/c1-22(18-10-6-8-15-7-2-3-9-17(15)18)14-16-13-20(24)23-12-5-4-11-19(23)21-16/h2-5,7,9,11-13,18H,6,8,10,14H2,1H3. The molecule has 24 heavy (non-hydrogen) atoms. The first kappa shape index (κ1) is 15.1.